The van der Waals surface area contributed by atoms with E-state index in [1.807, 2.05) is 11.8 Å². The molecule has 1 aliphatic rings. The van der Waals surface area contributed by atoms with E-state index in [9.17, 15) is 9.59 Å². The highest BCUT2D eigenvalue weighted by Crippen LogP contribution is 2.18. The van der Waals surface area contributed by atoms with E-state index in [0.29, 0.717) is 31.2 Å². The molecule has 2 rings (SSSR count). The Labute approximate surface area is 123 Å². The van der Waals surface area contributed by atoms with Gasteiger partial charge >= 0.3 is 5.69 Å². The molecule has 1 aromatic heterocycles. The van der Waals surface area contributed by atoms with Crippen LogP contribution in [0.25, 0.3) is 0 Å². The highest BCUT2D eigenvalue weighted by atomic mass is 16.5. The van der Waals surface area contributed by atoms with Crippen LogP contribution in [0.2, 0.25) is 0 Å². The first-order chi connectivity index (χ1) is 10.1. The third-order valence-corrected chi connectivity index (χ3v) is 3.65. The minimum Gasteiger partial charge on any atom is -0.379 e. The summed E-state index contributed by atoms with van der Waals surface area (Å²) in [6.07, 6.45) is 2.14. The molecule has 0 amide bonds. The number of nitrogens with zero attached hydrogens (tertiary/aromatic N) is 2. The average Bonchev–Trinajstić information content (AvgIpc) is 2.95. The van der Waals surface area contributed by atoms with Gasteiger partial charge in [-0.25, -0.2) is 4.79 Å². The number of anilines is 1. The Hall–Kier alpha value is -1.60. The Kier molecular flexibility index (Phi) is 5.58. The second kappa shape index (κ2) is 7.42. The van der Waals surface area contributed by atoms with Gasteiger partial charge in [-0.05, 0) is 26.7 Å². The summed E-state index contributed by atoms with van der Waals surface area (Å²) in [5.74, 6) is 0. The number of hydrogen-bond acceptors (Lipinski definition) is 5. The second-order valence-electron chi connectivity index (χ2n) is 5.05. The van der Waals surface area contributed by atoms with Crippen LogP contribution in [0.15, 0.2) is 9.59 Å². The molecule has 0 aromatic carbocycles. The lowest BCUT2D eigenvalue weighted by molar-refractivity contribution is 0.0198. The first kappa shape index (κ1) is 15.8. The summed E-state index contributed by atoms with van der Waals surface area (Å²) < 4.78 is 12.1. The topological polar surface area (TPSA) is 76.6 Å². The highest BCUT2D eigenvalue weighted by Gasteiger charge is 2.20. The van der Waals surface area contributed by atoms with Gasteiger partial charge in [0.05, 0.1) is 18.9 Å². The Morgan fingerprint density at radius 2 is 1.81 bits per heavy atom. The number of ether oxygens (including phenoxy) is 2. The number of hydrogen-bond donors (Lipinski definition) is 1. The molecule has 0 spiro atoms. The van der Waals surface area contributed by atoms with Crippen LogP contribution in [0.4, 0.5) is 5.69 Å². The predicted molar refractivity (Wildman–Crippen MR) is 80.0 cm³/mol. The lowest BCUT2D eigenvalue weighted by Gasteiger charge is -2.21. The van der Waals surface area contributed by atoms with Crippen LogP contribution in [0.3, 0.4) is 0 Å². The van der Waals surface area contributed by atoms with E-state index < -0.39 is 5.69 Å². The van der Waals surface area contributed by atoms with Crippen molar-refractivity contribution in [2.45, 2.75) is 33.4 Å². The van der Waals surface area contributed by atoms with Gasteiger partial charge in [0.1, 0.15) is 12.4 Å². The average molecular weight is 297 g/mol. The van der Waals surface area contributed by atoms with Crippen molar-refractivity contribution in [3.05, 3.63) is 26.5 Å². The number of aromatic nitrogens is 2. The number of H-pyrrole nitrogens is 1. The SMILES string of the molecule is CCOCCOCn1c(C)c(N2CCCC2)c(=O)[nH]c1=O. The summed E-state index contributed by atoms with van der Waals surface area (Å²) in [5.41, 5.74) is 0.490. The maximum absolute atomic E-state index is 12.0. The largest absolute Gasteiger partial charge is 0.379 e. The van der Waals surface area contributed by atoms with Crippen molar-refractivity contribution < 1.29 is 9.47 Å². The molecular formula is C14H23N3O4. The smallest absolute Gasteiger partial charge is 0.330 e. The van der Waals surface area contributed by atoms with Gasteiger partial charge in [0, 0.05) is 19.7 Å². The summed E-state index contributed by atoms with van der Waals surface area (Å²) >= 11 is 0. The summed E-state index contributed by atoms with van der Waals surface area (Å²) in [4.78, 5) is 28.4. The number of rotatable bonds is 7. The van der Waals surface area contributed by atoms with E-state index >= 15 is 0 Å². The number of nitrogens with one attached hydrogen (secondary N) is 1. The van der Waals surface area contributed by atoms with Gasteiger partial charge in [-0.15, -0.1) is 0 Å². The van der Waals surface area contributed by atoms with Crippen molar-refractivity contribution in [2.24, 2.45) is 0 Å². The van der Waals surface area contributed by atoms with E-state index in [0.717, 1.165) is 25.9 Å². The Balaban J connectivity index is 2.15. The minimum atomic E-state index is -0.433. The van der Waals surface area contributed by atoms with Crippen LogP contribution in [-0.4, -0.2) is 42.5 Å². The molecule has 1 fully saturated rings. The fraction of sp³-hybridized carbons (Fsp3) is 0.714. The molecule has 118 valence electrons. The van der Waals surface area contributed by atoms with Crippen molar-refractivity contribution in [2.75, 3.05) is 37.8 Å². The van der Waals surface area contributed by atoms with Crippen molar-refractivity contribution in [3.8, 4) is 0 Å². The molecule has 7 nitrogen and oxygen atoms in total. The minimum absolute atomic E-state index is 0.120. The first-order valence-corrected chi connectivity index (χ1v) is 7.39. The fourth-order valence-corrected chi connectivity index (χ4v) is 2.55. The summed E-state index contributed by atoms with van der Waals surface area (Å²) in [5, 5.41) is 0. The molecule has 21 heavy (non-hydrogen) atoms. The Morgan fingerprint density at radius 3 is 2.48 bits per heavy atom. The first-order valence-electron chi connectivity index (χ1n) is 7.39. The third-order valence-electron chi connectivity index (χ3n) is 3.65. The van der Waals surface area contributed by atoms with E-state index in [2.05, 4.69) is 4.98 Å². The van der Waals surface area contributed by atoms with E-state index in [1.165, 1.54) is 4.57 Å². The van der Waals surface area contributed by atoms with Crippen molar-refractivity contribution in [1.82, 2.24) is 9.55 Å². The molecule has 1 aliphatic heterocycles. The van der Waals surface area contributed by atoms with Crippen LogP contribution in [0.5, 0.6) is 0 Å². The molecule has 2 heterocycles. The molecular weight excluding hydrogens is 274 g/mol. The van der Waals surface area contributed by atoms with Gasteiger partial charge < -0.3 is 14.4 Å². The van der Waals surface area contributed by atoms with Crippen LogP contribution >= 0.6 is 0 Å². The lowest BCUT2D eigenvalue weighted by Crippen LogP contribution is -2.37. The lowest BCUT2D eigenvalue weighted by atomic mass is 10.3. The normalized spacial score (nSPS) is 14.9. The predicted octanol–water partition coefficient (Wildman–Crippen LogP) is 0.456. The molecule has 1 N–H and O–H groups in total. The fourth-order valence-electron chi connectivity index (χ4n) is 2.55. The quantitative estimate of drug-likeness (QED) is 0.740. The van der Waals surface area contributed by atoms with Gasteiger partial charge in [-0.1, -0.05) is 0 Å². The molecule has 0 radical (unpaired) electrons. The van der Waals surface area contributed by atoms with Gasteiger partial charge in [-0.2, -0.15) is 0 Å². The molecule has 0 unspecified atom stereocenters. The molecule has 1 aromatic rings. The van der Waals surface area contributed by atoms with Gasteiger partial charge in [0.15, 0.2) is 0 Å². The Morgan fingerprint density at radius 1 is 1.14 bits per heavy atom. The molecule has 7 heteroatoms. The molecule has 0 aliphatic carbocycles. The Bertz CT molecular complexity index is 573. The van der Waals surface area contributed by atoms with E-state index in [1.54, 1.807) is 6.92 Å². The zero-order valence-electron chi connectivity index (χ0n) is 12.7. The van der Waals surface area contributed by atoms with Crippen molar-refractivity contribution in [3.63, 3.8) is 0 Å². The maximum atomic E-state index is 12.0. The van der Waals surface area contributed by atoms with Crippen LogP contribution in [0, 0.1) is 6.92 Å². The molecule has 0 bridgehead atoms. The van der Waals surface area contributed by atoms with Crippen LogP contribution in [-0.2, 0) is 16.2 Å². The second-order valence-corrected chi connectivity index (χ2v) is 5.05. The summed E-state index contributed by atoms with van der Waals surface area (Å²) in [6.45, 7) is 7.08. The van der Waals surface area contributed by atoms with E-state index in [4.69, 9.17) is 9.47 Å². The third kappa shape index (κ3) is 3.74. The van der Waals surface area contributed by atoms with E-state index in [-0.39, 0.29) is 12.3 Å². The number of aromatic amines is 1. The zero-order chi connectivity index (χ0) is 15.2. The summed E-state index contributed by atoms with van der Waals surface area (Å²) in [6, 6.07) is 0. The molecule has 0 saturated carbocycles. The van der Waals surface area contributed by atoms with Crippen molar-refractivity contribution in [1.29, 1.82) is 0 Å². The summed E-state index contributed by atoms with van der Waals surface area (Å²) in [7, 11) is 0. The van der Waals surface area contributed by atoms with Gasteiger partial charge in [0.25, 0.3) is 5.56 Å². The maximum Gasteiger partial charge on any atom is 0.330 e. The molecule has 1 saturated heterocycles. The highest BCUT2D eigenvalue weighted by molar-refractivity contribution is 5.49. The monoisotopic (exact) mass is 297 g/mol. The standard InChI is InChI=1S/C14H23N3O4/c1-3-20-8-9-21-10-17-11(2)12(13(18)15-14(17)19)16-6-4-5-7-16/h3-10H2,1-2H3,(H,15,18,19). The van der Waals surface area contributed by atoms with Gasteiger partial charge in [0.2, 0.25) is 0 Å². The zero-order valence-corrected chi connectivity index (χ0v) is 12.7. The van der Waals surface area contributed by atoms with Gasteiger partial charge in [-0.3, -0.25) is 14.3 Å². The van der Waals surface area contributed by atoms with Crippen molar-refractivity contribution >= 4 is 5.69 Å². The van der Waals surface area contributed by atoms with Crippen LogP contribution < -0.4 is 16.1 Å². The van der Waals surface area contributed by atoms with Crippen LogP contribution in [0.1, 0.15) is 25.5 Å². The molecule has 0 atom stereocenters.